The van der Waals surface area contributed by atoms with Crippen molar-refractivity contribution in [3.63, 3.8) is 0 Å². The number of aromatic nitrogens is 1. The molecule has 0 fully saturated rings. The number of benzene rings is 3. The molecule has 40 heavy (non-hydrogen) atoms. The van der Waals surface area contributed by atoms with E-state index in [2.05, 4.69) is 68.1 Å². The highest BCUT2D eigenvalue weighted by Gasteiger charge is 2.24. The Labute approximate surface area is 240 Å². The van der Waals surface area contributed by atoms with Gasteiger partial charge in [-0.1, -0.05) is 48.3 Å². The molecule has 0 unspecified atom stereocenters. The highest BCUT2D eigenvalue weighted by atomic mass is 35.5. The van der Waals surface area contributed by atoms with Crippen LogP contribution >= 0.6 is 23.2 Å². The molecule has 202 valence electrons. The van der Waals surface area contributed by atoms with Crippen LogP contribution in [0.5, 0.6) is 0 Å². The lowest BCUT2D eigenvalue weighted by molar-refractivity contribution is 0.301. The zero-order valence-electron chi connectivity index (χ0n) is 21.4. The van der Waals surface area contributed by atoms with Crippen LogP contribution in [0.25, 0.3) is 10.9 Å². The van der Waals surface area contributed by atoms with Gasteiger partial charge in [0.1, 0.15) is 11.9 Å². The maximum atomic E-state index is 13.8. The monoisotopic (exact) mass is 574 g/mol. The van der Waals surface area contributed by atoms with Gasteiger partial charge in [0.05, 0.1) is 38.6 Å². The molecule has 8 nitrogen and oxygen atoms in total. The van der Waals surface area contributed by atoms with Crippen LogP contribution < -0.4 is 27.0 Å². The van der Waals surface area contributed by atoms with Crippen LogP contribution in [0.15, 0.2) is 66.6 Å². The Morgan fingerprint density at radius 3 is 2.65 bits per heavy atom. The molecule has 0 spiro atoms. The first-order valence-electron chi connectivity index (χ1n) is 12.7. The standard InChI is InChI=1S/C29H25Cl2FN8/c1-2-40-14-17-4-3-16(7-18(17)15-40)28(26-13-35-39-38-26)37-21-8-22-27(36-20-5-6-25(32)23(30)9-20)19(11-33)12-34-29(22)24(31)10-21/h3-10,12-13,28,35,37-39H,2,14-15H2,1H3,(H,34,36)/t28-/m0/s1. The van der Waals surface area contributed by atoms with Crippen molar-refractivity contribution >= 4 is 51.2 Å². The number of hydrogen-bond acceptors (Lipinski definition) is 8. The number of rotatable bonds is 7. The van der Waals surface area contributed by atoms with E-state index in [9.17, 15) is 9.65 Å². The first-order valence-corrected chi connectivity index (χ1v) is 13.5. The summed E-state index contributed by atoms with van der Waals surface area (Å²) < 4.78 is 13.8. The van der Waals surface area contributed by atoms with Crippen molar-refractivity contribution < 1.29 is 4.39 Å². The Hall–Kier alpha value is -4.07. The summed E-state index contributed by atoms with van der Waals surface area (Å²) in [5.74, 6) is -0.527. The number of pyridine rings is 1. The number of hydrogen-bond donors (Lipinski definition) is 5. The molecule has 0 amide bonds. The number of fused-ring (bicyclic) bond motifs is 2. The number of nitriles is 1. The van der Waals surface area contributed by atoms with E-state index >= 15 is 0 Å². The second kappa shape index (κ2) is 10.8. The second-order valence-corrected chi connectivity index (χ2v) is 10.5. The van der Waals surface area contributed by atoms with Gasteiger partial charge in [0.15, 0.2) is 0 Å². The van der Waals surface area contributed by atoms with Gasteiger partial charge < -0.3 is 21.5 Å². The highest BCUT2D eigenvalue weighted by Crippen LogP contribution is 2.37. The fourth-order valence-corrected chi connectivity index (χ4v) is 5.54. The van der Waals surface area contributed by atoms with Crippen molar-refractivity contribution in [1.29, 1.82) is 5.26 Å². The fourth-order valence-electron chi connectivity index (χ4n) is 5.09. The van der Waals surface area contributed by atoms with Gasteiger partial charge in [-0.3, -0.25) is 9.88 Å². The van der Waals surface area contributed by atoms with E-state index in [0.717, 1.165) is 36.6 Å². The second-order valence-electron chi connectivity index (χ2n) is 9.67. The van der Waals surface area contributed by atoms with Crippen molar-refractivity contribution in [1.82, 2.24) is 26.3 Å². The molecule has 4 aromatic rings. The van der Waals surface area contributed by atoms with Crippen molar-refractivity contribution in [2.45, 2.75) is 26.1 Å². The Morgan fingerprint density at radius 2 is 1.90 bits per heavy atom. The van der Waals surface area contributed by atoms with Gasteiger partial charge >= 0.3 is 0 Å². The third-order valence-electron chi connectivity index (χ3n) is 7.16. The van der Waals surface area contributed by atoms with Crippen LogP contribution in [0.3, 0.4) is 0 Å². The van der Waals surface area contributed by atoms with Gasteiger partial charge in [-0.2, -0.15) is 10.8 Å². The number of halogens is 3. The first kappa shape index (κ1) is 26.2. The Morgan fingerprint density at radius 1 is 1.07 bits per heavy atom. The van der Waals surface area contributed by atoms with E-state index in [1.807, 2.05) is 18.3 Å². The minimum absolute atomic E-state index is 0.0268. The zero-order chi connectivity index (χ0) is 27.8. The molecule has 1 aromatic heterocycles. The summed E-state index contributed by atoms with van der Waals surface area (Å²) in [7, 11) is 0. The molecule has 0 bridgehead atoms. The van der Waals surface area contributed by atoms with E-state index in [1.165, 1.54) is 29.5 Å². The number of anilines is 3. The largest absolute Gasteiger partial charge is 0.373 e. The molecule has 0 radical (unpaired) electrons. The summed E-state index contributed by atoms with van der Waals surface area (Å²) >= 11 is 12.7. The van der Waals surface area contributed by atoms with Crippen LogP contribution in [0, 0.1) is 17.1 Å². The summed E-state index contributed by atoms with van der Waals surface area (Å²) in [6.45, 7) is 5.05. The molecular formula is C29H25Cl2FN8. The van der Waals surface area contributed by atoms with E-state index < -0.39 is 5.82 Å². The molecule has 0 aliphatic carbocycles. The van der Waals surface area contributed by atoms with Crippen molar-refractivity contribution in [2.24, 2.45) is 0 Å². The lowest BCUT2D eigenvalue weighted by atomic mass is 9.98. The molecule has 6 rings (SSSR count). The predicted octanol–water partition coefficient (Wildman–Crippen LogP) is 6.24. The Bertz CT molecular complexity index is 1700. The molecule has 2 aliphatic rings. The Kier molecular flexibility index (Phi) is 7.09. The molecule has 1 atom stereocenters. The maximum Gasteiger partial charge on any atom is 0.141 e. The van der Waals surface area contributed by atoms with Crippen LogP contribution in [0.1, 0.15) is 35.2 Å². The zero-order valence-corrected chi connectivity index (χ0v) is 23.0. The van der Waals surface area contributed by atoms with Gasteiger partial charge in [-0.05, 0) is 53.6 Å². The van der Waals surface area contributed by atoms with E-state index in [-0.39, 0.29) is 11.1 Å². The quantitative estimate of drug-likeness (QED) is 0.177. The molecular weight excluding hydrogens is 550 g/mol. The average molecular weight is 575 g/mol. The van der Waals surface area contributed by atoms with Gasteiger partial charge in [0, 0.05) is 42.2 Å². The third kappa shape index (κ3) is 4.98. The number of hydrazine groups is 2. The van der Waals surface area contributed by atoms with Gasteiger partial charge in [0.2, 0.25) is 0 Å². The molecule has 0 saturated heterocycles. The molecule has 3 heterocycles. The van der Waals surface area contributed by atoms with Gasteiger partial charge in [-0.25, -0.2) is 4.39 Å². The van der Waals surface area contributed by atoms with Crippen LogP contribution in [0.2, 0.25) is 10.0 Å². The van der Waals surface area contributed by atoms with Gasteiger partial charge in [-0.15, -0.1) is 0 Å². The summed E-state index contributed by atoms with van der Waals surface area (Å²) in [4.78, 5) is 6.84. The molecule has 11 heteroatoms. The number of nitrogens with zero attached hydrogens (tertiary/aromatic N) is 3. The summed E-state index contributed by atoms with van der Waals surface area (Å²) in [5.41, 5.74) is 16.3. The molecule has 0 saturated carbocycles. The van der Waals surface area contributed by atoms with Gasteiger partial charge in [0.25, 0.3) is 0 Å². The smallest absolute Gasteiger partial charge is 0.141 e. The molecule has 3 aromatic carbocycles. The lowest BCUT2D eigenvalue weighted by Gasteiger charge is -2.23. The SMILES string of the molecule is CCN1Cc2ccc([C@H](Nc3cc(Cl)c4ncc(C#N)c(Nc5ccc(F)c(Cl)c5)c4c3)C3=CNNN3)cc2C1. The Balaban J connectivity index is 1.41. The lowest BCUT2D eigenvalue weighted by Crippen LogP contribution is -2.33. The van der Waals surface area contributed by atoms with Crippen molar-refractivity contribution in [3.8, 4) is 6.07 Å². The fraction of sp³-hybridized carbons (Fsp3) is 0.172. The van der Waals surface area contributed by atoms with Crippen LogP contribution in [0.4, 0.5) is 21.5 Å². The third-order valence-corrected chi connectivity index (χ3v) is 7.74. The maximum absolute atomic E-state index is 13.8. The van der Waals surface area contributed by atoms with Crippen molar-refractivity contribution in [2.75, 3.05) is 17.2 Å². The van der Waals surface area contributed by atoms with E-state index in [0.29, 0.717) is 32.9 Å². The first-order chi connectivity index (χ1) is 19.4. The molecule has 2 aliphatic heterocycles. The summed E-state index contributed by atoms with van der Waals surface area (Å²) in [6, 6.07) is 16.5. The van der Waals surface area contributed by atoms with Crippen LogP contribution in [-0.4, -0.2) is 16.4 Å². The van der Waals surface area contributed by atoms with E-state index in [4.69, 9.17) is 23.2 Å². The summed E-state index contributed by atoms with van der Waals surface area (Å²) in [5, 5.41) is 17.7. The van der Waals surface area contributed by atoms with Crippen molar-refractivity contribution in [3.05, 3.63) is 105 Å². The van der Waals surface area contributed by atoms with Crippen LogP contribution in [-0.2, 0) is 13.1 Å². The highest BCUT2D eigenvalue weighted by molar-refractivity contribution is 6.36. The summed E-state index contributed by atoms with van der Waals surface area (Å²) in [6.07, 6.45) is 3.33. The average Bonchev–Trinajstić information content (AvgIpc) is 3.64. The minimum Gasteiger partial charge on any atom is -0.373 e. The minimum atomic E-state index is -0.527. The normalized spacial score (nSPS) is 15.1. The van der Waals surface area contributed by atoms with E-state index in [1.54, 1.807) is 6.07 Å². The molecule has 5 N–H and O–H groups in total. The number of nitrogens with one attached hydrogen (secondary N) is 5. The topological polar surface area (TPSA) is 100 Å². The predicted molar refractivity (Wildman–Crippen MR) is 156 cm³/mol.